The number of nitrogens with one attached hydrogen (secondary N) is 1. The molecule has 0 saturated carbocycles. The molecule has 1 aromatic carbocycles. The van der Waals surface area contributed by atoms with Gasteiger partial charge in [-0.1, -0.05) is 18.2 Å². The highest BCUT2D eigenvalue weighted by molar-refractivity contribution is 5.78. The molecule has 2 aromatic rings. The van der Waals surface area contributed by atoms with E-state index in [0.717, 1.165) is 29.6 Å². The lowest BCUT2D eigenvalue weighted by Gasteiger charge is -2.43. The van der Waals surface area contributed by atoms with Crippen LogP contribution >= 0.6 is 0 Å². The van der Waals surface area contributed by atoms with Gasteiger partial charge < -0.3 is 24.8 Å². The maximum Gasteiger partial charge on any atom is 0.176 e. The second kappa shape index (κ2) is 8.41. The number of aliphatic hydroxyl groups excluding tert-OH is 1. The van der Waals surface area contributed by atoms with Gasteiger partial charge in [-0.15, -0.1) is 0 Å². The molecule has 4 rings (SSSR count). The van der Waals surface area contributed by atoms with Crippen LogP contribution in [-0.2, 0) is 16.0 Å². The highest BCUT2D eigenvalue weighted by Gasteiger charge is 2.51. The van der Waals surface area contributed by atoms with Crippen molar-refractivity contribution in [2.75, 3.05) is 40.8 Å². The molecule has 2 saturated heterocycles. The van der Waals surface area contributed by atoms with Crippen LogP contribution < -0.4 is 5.32 Å². The third kappa shape index (κ3) is 4.05. The van der Waals surface area contributed by atoms with Crippen LogP contribution in [0.25, 0.3) is 10.9 Å². The van der Waals surface area contributed by atoms with Gasteiger partial charge in [0.2, 0.25) is 0 Å². The van der Waals surface area contributed by atoms with Crippen LogP contribution in [0.3, 0.4) is 0 Å². The Bertz CT molecular complexity index is 802. The van der Waals surface area contributed by atoms with E-state index in [9.17, 15) is 5.11 Å². The summed E-state index contributed by atoms with van der Waals surface area (Å²) in [6.07, 6.45) is 0.825. The summed E-state index contributed by atoms with van der Waals surface area (Å²) in [4.78, 5) is 8.80. The van der Waals surface area contributed by atoms with Crippen molar-refractivity contribution in [3.63, 3.8) is 0 Å². The number of fused-ring (bicyclic) bond motifs is 3. The smallest absolute Gasteiger partial charge is 0.176 e. The SMILES string of the molecule is CN(C)CCN(C)[C@@H]1[C@@H]2OC[C@H](O2)[C@@H](NCc2cnc3ccccc3c2)[C@@H]1O. The number of ether oxygens (including phenoxy) is 2. The van der Waals surface area contributed by atoms with Crippen LogP contribution in [0.2, 0.25) is 0 Å². The van der Waals surface area contributed by atoms with Gasteiger partial charge in [0.05, 0.1) is 30.3 Å². The molecule has 7 heteroatoms. The van der Waals surface area contributed by atoms with E-state index in [-0.39, 0.29) is 24.5 Å². The fraction of sp³-hybridized carbons (Fsp3) is 0.571. The molecule has 28 heavy (non-hydrogen) atoms. The van der Waals surface area contributed by atoms with Gasteiger partial charge >= 0.3 is 0 Å². The molecule has 2 aliphatic heterocycles. The van der Waals surface area contributed by atoms with Gasteiger partial charge in [-0.2, -0.15) is 0 Å². The standard InChI is InChI=1S/C21H30N4O3/c1-24(2)8-9-25(3)19-20(26)18(17-13-27-21(19)28-17)23-12-14-10-15-6-4-5-7-16(15)22-11-14/h4-7,10-11,17-21,23,26H,8-9,12-13H2,1-3H3/t17-,18+,19-,20-,21+/m0/s1. The Morgan fingerprint density at radius 3 is 2.86 bits per heavy atom. The van der Waals surface area contributed by atoms with E-state index in [1.54, 1.807) is 0 Å². The molecule has 2 N–H and O–H groups in total. The van der Waals surface area contributed by atoms with Crippen molar-refractivity contribution in [1.82, 2.24) is 20.1 Å². The average Bonchev–Trinajstić information content (AvgIpc) is 3.11. The van der Waals surface area contributed by atoms with E-state index in [1.165, 1.54) is 0 Å². The third-order valence-corrected chi connectivity index (χ3v) is 5.73. The second-order valence-electron chi connectivity index (χ2n) is 8.08. The van der Waals surface area contributed by atoms with Crippen molar-refractivity contribution in [1.29, 1.82) is 0 Å². The number of hydrogen-bond donors (Lipinski definition) is 2. The Balaban J connectivity index is 1.44. The van der Waals surface area contributed by atoms with Gasteiger partial charge in [-0.3, -0.25) is 9.88 Å². The summed E-state index contributed by atoms with van der Waals surface area (Å²) in [5.74, 6) is 0. The molecule has 0 radical (unpaired) electrons. The normalized spacial score (nSPS) is 29.9. The Hall–Kier alpha value is -1.61. The molecule has 1 aromatic heterocycles. The number of benzene rings is 1. The zero-order valence-corrected chi connectivity index (χ0v) is 16.8. The number of pyridine rings is 1. The maximum absolute atomic E-state index is 11.1. The number of hydrogen-bond acceptors (Lipinski definition) is 7. The van der Waals surface area contributed by atoms with E-state index in [1.807, 2.05) is 45.5 Å². The summed E-state index contributed by atoms with van der Waals surface area (Å²) in [5.41, 5.74) is 2.08. The van der Waals surface area contributed by atoms with Crippen LogP contribution in [0.4, 0.5) is 0 Å². The highest BCUT2D eigenvalue weighted by atomic mass is 16.7. The quantitative estimate of drug-likeness (QED) is 0.725. The Kier molecular flexibility index (Phi) is 5.91. The zero-order valence-electron chi connectivity index (χ0n) is 16.8. The van der Waals surface area contributed by atoms with Crippen molar-refractivity contribution in [3.05, 3.63) is 42.1 Å². The highest BCUT2D eigenvalue weighted by Crippen LogP contribution is 2.31. The molecule has 3 heterocycles. The van der Waals surface area contributed by atoms with E-state index in [2.05, 4.69) is 32.2 Å². The van der Waals surface area contributed by atoms with Crippen LogP contribution in [0.15, 0.2) is 36.5 Å². The summed E-state index contributed by atoms with van der Waals surface area (Å²) in [5, 5.41) is 15.7. The predicted molar refractivity (Wildman–Crippen MR) is 108 cm³/mol. The first-order chi connectivity index (χ1) is 13.5. The molecule has 0 spiro atoms. The Morgan fingerprint density at radius 1 is 1.21 bits per heavy atom. The van der Waals surface area contributed by atoms with Gasteiger partial charge in [0.1, 0.15) is 6.10 Å². The fourth-order valence-electron chi connectivity index (χ4n) is 4.08. The average molecular weight is 386 g/mol. The largest absolute Gasteiger partial charge is 0.390 e. The number of aliphatic hydroxyl groups is 1. The molecule has 2 aliphatic rings. The van der Waals surface area contributed by atoms with Gasteiger partial charge in [-0.05, 0) is 38.8 Å². The topological polar surface area (TPSA) is 70.1 Å². The second-order valence-corrected chi connectivity index (χ2v) is 8.08. The van der Waals surface area contributed by atoms with E-state index >= 15 is 0 Å². The minimum Gasteiger partial charge on any atom is -0.390 e. The molecule has 152 valence electrons. The molecule has 2 fully saturated rings. The fourth-order valence-corrected chi connectivity index (χ4v) is 4.08. The van der Waals surface area contributed by atoms with Crippen LogP contribution in [-0.4, -0.2) is 91.3 Å². The van der Waals surface area contributed by atoms with Crippen LogP contribution in [0.1, 0.15) is 5.56 Å². The van der Waals surface area contributed by atoms with Crippen LogP contribution in [0, 0.1) is 0 Å². The number of nitrogens with zero attached hydrogens (tertiary/aromatic N) is 3. The molecular weight excluding hydrogens is 356 g/mol. The number of rotatable bonds is 7. The maximum atomic E-state index is 11.1. The number of aromatic nitrogens is 1. The van der Waals surface area contributed by atoms with Gasteiger partial charge in [-0.25, -0.2) is 0 Å². The zero-order chi connectivity index (χ0) is 19.7. The third-order valence-electron chi connectivity index (χ3n) is 5.73. The minimum absolute atomic E-state index is 0.132. The van der Waals surface area contributed by atoms with Crippen molar-refractivity contribution in [2.45, 2.75) is 37.1 Å². The molecule has 0 amide bonds. The van der Waals surface area contributed by atoms with Gasteiger partial charge in [0.15, 0.2) is 6.29 Å². The van der Waals surface area contributed by atoms with E-state index in [0.29, 0.717) is 13.2 Å². The van der Waals surface area contributed by atoms with Crippen LogP contribution in [0.5, 0.6) is 0 Å². The minimum atomic E-state index is -0.563. The van der Waals surface area contributed by atoms with Crippen molar-refractivity contribution in [3.8, 4) is 0 Å². The molecule has 0 aliphatic carbocycles. The summed E-state index contributed by atoms with van der Waals surface area (Å²) in [7, 11) is 6.12. The lowest BCUT2D eigenvalue weighted by molar-refractivity contribution is -0.179. The molecule has 7 nitrogen and oxygen atoms in total. The molecule has 0 unspecified atom stereocenters. The van der Waals surface area contributed by atoms with Gasteiger partial charge in [0, 0.05) is 31.2 Å². The lowest BCUT2D eigenvalue weighted by Crippen LogP contribution is -2.64. The van der Waals surface area contributed by atoms with Crippen molar-refractivity contribution in [2.24, 2.45) is 0 Å². The van der Waals surface area contributed by atoms with Gasteiger partial charge in [0.25, 0.3) is 0 Å². The summed E-state index contributed by atoms with van der Waals surface area (Å²) < 4.78 is 11.9. The van der Waals surface area contributed by atoms with E-state index < -0.39 is 6.10 Å². The molecule has 2 bridgehead atoms. The molecule has 5 atom stereocenters. The van der Waals surface area contributed by atoms with E-state index in [4.69, 9.17) is 9.47 Å². The number of para-hydroxylation sites is 1. The van der Waals surface area contributed by atoms with Crippen molar-refractivity contribution < 1.29 is 14.6 Å². The van der Waals surface area contributed by atoms with Crippen molar-refractivity contribution >= 4 is 10.9 Å². The first kappa shape index (κ1) is 19.7. The summed E-state index contributed by atoms with van der Waals surface area (Å²) >= 11 is 0. The first-order valence-corrected chi connectivity index (χ1v) is 9.90. The lowest BCUT2D eigenvalue weighted by atomic mass is 9.95. The Labute approximate surface area is 166 Å². The predicted octanol–water partition coefficient (Wildman–Crippen LogP) is 0.671. The summed E-state index contributed by atoms with van der Waals surface area (Å²) in [6.45, 7) is 2.88. The Morgan fingerprint density at radius 2 is 2.04 bits per heavy atom. The molecular formula is C21H30N4O3. The summed E-state index contributed by atoms with van der Waals surface area (Å²) in [6, 6.07) is 9.85. The first-order valence-electron chi connectivity index (χ1n) is 9.90. The monoisotopic (exact) mass is 386 g/mol. The number of likely N-dealkylation sites (N-methyl/N-ethyl adjacent to an activating group) is 2.